The Balaban J connectivity index is 0.822. The highest BCUT2D eigenvalue weighted by atomic mass is 16.5. The van der Waals surface area contributed by atoms with E-state index in [2.05, 4.69) is 109 Å². The fourth-order valence-electron chi connectivity index (χ4n) is 16.1. The highest BCUT2D eigenvalue weighted by Gasteiger charge is 2.22. The van der Waals surface area contributed by atoms with Gasteiger partial charge >= 0.3 is 0 Å². The van der Waals surface area contributed by atoms with Gasteiger partial charge in [0.1, 0.15) is 37.1 Å². The molecule has 0 aliphatic heterocycles. The molecule has 129 heavy (non-hydrogen) atoms. The lowest BCUT2D eigenvalue weighted by molar-refractivity contribution is 0.256. The molecule has 0 spiro atoms. The van der Waals surface area contributed by atoms with E-state index in [1.807, 2.05) is 109 Å². The first-order chi connectivity index (χ1) is 63.8. The Morgan fingerprint density at radius 3 is 0.550 bits per heavy atom. The highest BCUT2D eigenvalue weighted by molar-refractivity contribution is 5.75. The summed E-state index contributed by atoms with van der Waals surface area (Å²) in [7, 11) is 0. The Morgan fingerprint density at radius 2 is 0.349 bits per heavy atom. The van der Waals surface area contributed by atoms with E-state index in [1.54, 1.807) is 0 Å². The van der Waals surface area contributed by atoms with Gasteiger partial charge in [-0.3, -0.25) is 0 Å². The summed E-state index contributed by atoms with van der Waals surface area (Å²) >= 11 is 0. The minimum atomic E-state index is 0.242. The second-order valence-electron chi connectivity index (χ2n) is 35.3. The van der Waals surface area contributed by atoms with E-state index >= 15 is 0 Å². The molecule has 0 unspecified atom stereocenters. The number of aromatic nitrogens is 6. The molecule has 7 aromatic carbocycles. The molecule has 10 aromatic rings. The molecule has 0 saturated carbocycles. The molecule has 0 aliphatic carbocycles. The number of unbranched alkanes of at least 4 members (excludes halogenated alkanes) is 42. The van der Waals surface area contributed by atoms with Crippen LogP contribution in [0.2, 0.25) is 0 Å². The lowest BCUT2D eigenvalue weighted by Gasteiger charge is -2.15. The number of benzene rings is 7. The van der Waals surface area contributed by atoms with Crippen LogP contribution in [0.4, 0.5) is 0 Å². The van der Waals surface area contributed by atoms with Gasteiger partial charge < -0.3 is 55.9 Å². The van der Waals surface area contributed by atoms with Crippen molar-refractivity contribution < 1.29 is 55.9 Å². The van der Waals surface area contributed by atoms with E-state index in [0.717, 1.165) is 109 Å². The van der Waals surface area contributed by atoms with Gasteiger partial charge in [0.2, 0.25) is 35.3 Å². The summed E-state index contributed by atoms with van der Waals surface area (Å²) in [4.78, 5) is 0. The molecule has 0 saturated heterocycles. The first kappa shape index (κ1) is 101. The third-order valence-corrected chi connectivity index (χ3v) is 24.0. The normalized spacial score (nSPS) is 11.4. The van der Waals surface area contributed by atoms with E-state index in [9.17, 15) is 0 Å². The maximum Gasteiger partial charge on any atom is 0.248 e. The van der Waals surface area contributed by atoms with Crippen LogP contribution in [0.25, 0.3) is 68.7 Å². The zero-order valence-corrected chi connectivity index (χ0v) is 79.7. The van der Waals surface area contributed by atoms with Gasteiger partial charge in [-0.1, -0.05) is 329 Å². The Hall–Kier alpha value is -9.84. The lowest BCUT2D eigenvalue weighted by Crippen LogP contribution is -2.04. The minimum absolute atomic E-state index is 0.242. The van der Waals surface area contributed by atoms with Crippen LogP contribution in [0.5, 0.6) is 51.7 Å². The van der Waals surface area contributed by atoms with E-state index in [-0.39, 0.29) is 17.7 Å². The van der Waals surface area contributed by atoms with Gasteiger partial charge in [0.25, 0.3) is 0 Å². The number of nitrogens with zero attached hydrogens (tertiary/aromatic N) is 6. The largest absolute Gasteiger partial charge is 0.490 e. The Morgan fingerprint density at radius 1 is 0.171 bits per heavy atom. The van der Waals surface area contributed by atoms with Crippen molar-refractivity contribution in [3.05, 3.63) is 162 Å². The molecule has 0 radical (unpaired) electrons. The predicted octanol–water partition coefficient (Wildman–Crippen LogP) is 32.7. The molecule has 0 aliphatic rings. The smallest absolute Gasteiger partial charge is 0.248 e. The molecular formula is C111H156N6O12. The molecule has 18 nitrogen and oxygen atoms in total. The molecule has 0 amide bonds. The molecule has 10 rings (SSSR count). The maximum absolute atomic E-state index is 6.54. The molecule has 0 fully saturated rings. The van der Waals surface area contributed by atoms with E-state index < -0.39 is 0 Å². The van der Waals surface area contributed by atoms with E-state index in [4.69, 9.17) is 55.9 Å². The first-order valence-electron chi connectivity index (χ1n) is 50.8. The van der Waals surface area contributed by atoms with Gasteiger partial charge in [0.05, 0.1) is 39.6 Å². The summed E-state index contributed by atoms with van der Waals surface area (Å²) in [6.45, 7) is 18.6. The van der Waals surface area contributed by atoms with Crippen molar-refractivity contribution >= 4 is 0 Å². The highest BCUT2D eigenvalue weighted by Crippen LogP contribution is 2.39. The van der Waals surface area contributed by atoms with Gasteiger partial charge in [-0.2, -0.15) is 0 Å². The van der Waals surface area contributed by atoms with E-state index in [0.29, 0.717) is 128 Å². The fraction of sp³-hybridized carbons (Fsp3) is 0.568. The number of hydrogen-bond donors (Lipinski definition) is 0. The average molecular weight is 1770 g/mol. The van der Waals surface area contributed by atoms with Gasteiger partial charge in [0, 0.05) is 33.4 Å². The van der Waals surface area contributed by atoms with Crippen molar-refractivity contribution in [2.45, 2.75) is 370 Å². The molecule has 0 N–H and O–H groups in total. The third kappa shape index (κ3) is 38.6. The van der Waals surface area contributed by atoms with Gasteiger partial charge in [-0.25, -0.2) is 0 Å². The standard InChI is InChI=1S/C111H156N6O12/c1-7-13-19-25-31-37-43-49-73-118-100-70-55-88(79-103(100)121-76-52-46-40-34-28-22-16-10-4)85-124-97-64-58-91(59-65-97)106-112-115-109(127-106)94-82-95(110-116-113-107(128-110)92-60-66-98(67-61-92)125-86-89-56-71-101(119-74-50-44-38-32-26-20-14-8-2)104(80-89)122-77-53-47-41-35-29-23-17-11-5)84-96(83-94)111-117-114-108(129-111)93-62-68-99(69-63-93)126-87-90-57-72-102(120-75-51-45-39-33-27-21-15-9-3)105(81-90)123-78-54-48-42-36-30-24-18-12-6/h55-72,79-84H,7-54,73-78,85-87H2,1-6H3. The monoisotopic (exact) mass is 1770 g/mol. The van der Waals surface area contributed by atoms with Gasteiger partial charge in [-0.05, 0) is 183 Å². The first-order valence-corrected chi connectivity index (χ1v) is 50.8. The van der Waals surface area contributed by atoms with Crippen molar-refractivity contribution in [1.82, 2.24) is 30.6 Å². The second kappa shape index (κ2) is 62.4. The molecule has 18 heteroatoms. The van der Waals surface area contributed by atoms with Crippen LogP contribution in [0, 0.1) is 0 Å². The van der Waals surface area contributed by atoms with Crippen LogP contribution in [-0.2, 0) is 19.8 Å². The van der Waals surface area contributed by atoms with Crippen LogP contribution in [0.15, 0.2) is 159 Å². The van der Waals surface area contributed by atoms with Crippen LogP contribution < -0.4 is 42.6 Å². The summed E-state index contributed by atoms with van der Waals surface area (Å²) in [5, 5.41) is 27.5. The van der Waals surface area contributed by atoms with Gasteiger partial charge in [0.15, 0.2) is 34.5 Å². The van der Waals surface area contributed by atoms with E-state index in [1.165, 1.54) is 250 Å². The third-order valence-electron chi connectivity index (χ3n) is 24.0. The maximum atomic E-state index is 6.54. The Kier molecular flexibility index (Phi) is 49.0. The minimum Gasteiger partial charge on any atom is -0.490 e. The summed E-state index contributed by atoms with van der Waals surface area (Å²) in [6.07, 6.45) is 59.7. The molecule has 3 aromatic heterocycles. The van der Waals surface area contributed by atoms with Crippen LogP contribution in [0.3, 0.4) is 0 Å². The van der Waals surface area contributed by atoms with Crippen molar-refractivity contribution in [3.8, 4) is 120 Å². The second-order valence-corrected chi connectivity index (χ2v) is 35.3. The molecular weight excluding hydrogens is 1610 g/mol. The molecule has 702 valence electrons. The van der Waals surface area contributed by atoms with Crippen LogP contribution in [0.1, 0.15) is 366 Å². The summed E-state index contributed by atoms with van der Waals surface area (Å²) in [5.41, 5.74) is 6.76. The zero-order valence-electron chi connectivity index (χ0n) is 79.7. The Labute approximate surface area is 774 Å². The van der Waals surface area contributed by atoms with Crippen molar-refractivity contribution in [3.63, 3.8) is 0 Å². The zero-order chi connectivity index (χ0) is 89.9. The summed E-state index contributed by atoms with van der Waals surface area (Å²) in [5.74, 6) is 8.39. The van der Waals surface area contributed by atoms with Crippen molar-refractivity contribution in [2.75, 3.05) is 39.6 Å². The summed E-state index contributed by atoms with van der Waals surface area (Å²) < 4.78 is 77.5. The Bertz CT molecular complexity index is 4110. The van der Waals surface area contributed by atoms with Crippen LogP contribution >= 0.6 is 0 Å². The quantitative estimate of drug-likeness (QED) is 0.0326. The predicted molar refractivity (Wildman–Crippen MR) is 524 cm³/mol. The van der Waals surface area contributed by atoms with Crippen molar-refractivity contribution in [1.29, 1.82) is 0 Å². The number of ether oxygens (including phenoxy) is 9. The topological polar surface area (TPSA) is 200 Å². The fourth-order valence-corrected chi connectivity index (χ4v) is 16.1. The SMILES string of the molecule is CCCCCCCCCCOc1ccc(COc2ccc(-c3nnc(-c4cc(-c5nnc(-c6ccc(OCc7ccc(OCCCCCCCCCC)c(OCCCCCCCCCC)c7)cc6)o5)cc(-c5nnc(-c6ccc(OCc7ccc(OCCCCCCCCCC)c(OCCCCCCCCCC)c7)cc6)o5)c4)o3)cc2)cc1OCCCCCCCCCC. The summed E-state index contributed by atoms with van der Waals surface area (Å²) in [6, 6.07) is 47.1. The van der Waals surface area contributed by atoms with Crippen LogP contribution in [-0.4, -0.2) is 70.2 Å². The number of rotatable bonds is 75. The molecule has 3 heterocycles. The lowest BCUT2D eigenvalue weighted by atomic mass is 10.1. The average Bonchev–Trinajstić information content (AvgIpc) is 1.66. The molecule has 0 atom stereocenters. The molecule has 0 bridgehead atoms. The number of hydrogen-bond acceptors (Lipinski definition) is 18. The van der Waals surface area contributed by atoms with Crippen molar-refractivity contribution in [2.24, 2.45) is 0 Å². The van der Waals surface area contributed by atoms with Gasteiger partial charge in [-0.15, -0.1) is 30.6 Å².